The van der Waals surface area contributed by atoms with Crippen LogP contribution in [-0.2, 0) is 0 Å². The molecule has 3 aromatic carbocycles. The highest BCUT2D eigenvalue weighted by Gasteiger charge is 2.04. The van der Waals surface area contributed by atoms with Crippen molar-refractivity contribution >= 4 is 33.7 Å². The first-order chi connectivity index (χ1) is 11.8. The topological polar surface area (TPSA) is 31.4 Å². The minimum atomic E-state index is 0.829. The van der Waals surface area contributed by atoms with Crippen LogP contribution in [0.4, 0.5) is 5.69 Å². The molecular formula is C21H19N3. The quantitative estimate of drug-likeness (QED) is 0.408. The molecule has 24 heavy (non-hydrogen) atoms. The summed E-state index contributed by atoms with van der Waals surface area (Å²) >= 11 is 0. The van der Waals surface area contributed by atoms with Crippen LogP contribution in [0.5, 0.6) is 0 Å². The maximum Gasteiger partial charge on any atom is 0.0593 e. The van der Waals surface area contributed by atoms with Crippen LogP contribution < -0.4 is 5.01 Å². The predicted octanol–water partition coefficient (Wildman–Crippen LogP) is 5.18. The SMILES string of the molecule is CCN(N=Cc1ccc2[nH]c3ccccc3c2c1)c1ccccc1. The molecule has 1 aromatic heterocycles. The number of benzene rings is 3. The minimum Gasteiger partial charge on any atom is -0.355 e. The molecule has 0 radical (unpaired) electrons. The van der Waals surface area contributed by atoms with Gasteiger partial charge in [0.25, 0.3) is 0 Å². The van der Waals surface area contributed by atoms with Gasteiger partial charge in [-0.05, 0) is 42.8 Å². The normalized spacial score (nSPS) is 11.5. The number of hydrogen-bond donors (Lipinski definition) is 1. The number of aromatic nitrogens is 1. The predicted molar refractivity (Wildman–Crippen MR) is 103 cm³/mol. The van der Waals surface area contributed by atoms with Crippen LogP contribution in [-0.4, -0.2) is 17.7 Å². The number of para-hydroxylation sites is 2. The fraction of sp³-hybridized carbons (Fsp3) is 0.0952. The van der Waals surface area contributed by atoms with Gasteiger partial charge in [-0.1, -0.05) is 42.5 Å². The zero-order chi connectivity index (χ0) is 16.4. The molecule has 4 aromatic rings. The molecule has 0 amide bonds. The number of fused-ring (bicyclic) bond motifs is 3. The molecule has 0 saturated heterocycles. The number of H-pyrrole nitrogens is 1. The van der Waals surface area contributed by atoms with Crippen molar-refractivity contribution in [2.75, 3.05) is 11.6 Å². The molecule has 0 saturated carbocycles. The maximum absolute atomic E-state index is 4.65. The molecule has 0 bridgehead atoms. The number of hydrazone groups is 1. The zero-order valence-corrected chi connectivity index (χ0v) is 13.6. The van der Waals surface area contributed by atoms with Gasteiger partial charge in [-0.25, -0.2) is 0 Å². The van der Waals surface area contributed by atoms with Crippen molar-refractivity contribution in [2.45, 2.75) is 6.92 Å². The van der Waals surface area contributed by atoms with E-state index >= 15 is 0 Å². The Labute approximate surface area is 141 Å². The standard InChI is InChI=1S/C21H19N3/c1-2-24(17-8-4-3-5-9-17)22-15-16-12-13-21-19(14-16)18-10-6-7-11-20(18)23-21/h3-15,23H,2H2,1H3. The molecule has 0 unspecified atom stereocenters. The summed E-state index contributed by atoms with van der Waals surface area (Å²) in [6.07, 6.45) is 1.93. The highest BCUT2D eigenvalue weighted by Crippen LogP contribution is 2.25. The smallest absolute Gasteiger partial charge is 0.0593 e. The van der Waals surface area contributed by atoms with E-state index in [1.165, 1.54) is 16.3 Å². The lowest BCUT2D eigenvalue weighted by Gasteiger charge is -2.16. The number of nitrogens with zero attached hydrogens (tertiary/aromatic N) is 2. The molecule has 118 valence electrons. The van der Waals surface area contributed by atoms with Gasteiger partial charge in [-0.2, -0.15) is 5.10 Å². The van der Waals surface area contributed by atoms with Crippen LogP contribution >= 0.6 is 0 Å². The van der Waals surface area contributed by atoms with E-state index in [4.69, 9.17) is 0 Å². The number of aromatic amines is 1. The maximum atomic E-state index is 4.65. The van der Waals surface area contributed by atoms with E-state index in [0.29, 0.717) is 0 Å². The lowest BCUT2D eigenvalue weighted by Crippen LogP contribution is -2.15. The summed E-state index contributed by atoms with van der Waals surface area (Å²) in [6, 6.07) is 25.0. The third-order valence-electron chi connectivity index (χ3n) is 4.23. The molecule has 0 aliphatic carbocycles. The first-order valence-corrected chi connectivity index (χ1v) is 8.22. The Morgan fingerprint density at radius 2 is 1.62 bits per heavy atom. The van der Waals surface area contributed by atoms with Gasteiger partial charge in [0, 0.05) is 28.4 Å². The summed E-state index contributed by atoms with van der Waals surface area (Å²) in [5.41, 5.74) is 4.52. The first-order valence-electron chi connectivity index (χ1n) is 8.22. The van der Waals surface area contributed by atoms with Crippen molar-refractivity contribution in [3.63, 3.8) is 0 Å². The van der Waals surface area contributed by atoms with Gasteiger partial charge in [0.2, 0.25) is 0 Å². The van der Waals surface area contributed by atoms with Crippen molar-refractivity contribution in [3.8, 4) is 0 Å². The van der Waals surface area contributed by atoms with E-state index in [0.717, 1.165) is 23.3 Å². The van der Waals surface area contributed by atoms with Crippen LogP contribution in [0.15, 0.2) is 77.9 Å². The number of rotatable bonds is 4. The highest BCUT2D eigenvalue weighted by molar-refractivity contribution is 6.08. The second-order valence-electron chi connectivity index (χ2n) is 5.77. The Kier molecular flexibility index (Phi) is 3.75. The van der Waals surface area contributed by atoms with Gasteiger partial charge in [-0.15, -0.1) is 0 Å². The summed E-state index contributed by atoms with van der Waals surface area (Å²) in [4.78, 5) is 3.45. The van der Waals surface area contributed by atoms with Gasteiger partial charge >= 0.3 is 0 Å². The molecule has 4 rings (SSSR count). The average Bonchev–Trinajstić information content (AvgIpc) is 3.01. The Morgan fingerprint density at radius 1 is 0.875 bits per heavy atom. The van der Waals surface area contributed by atoms with Gasteiger partial charge in [0.1, 0.15) is 0 Å². The second-order valence-corrected chi connectivity index (χ2v) is 5.77. The Hall–Kier alpha value is -3.07. The summed E-state index contributed by atoms with van der Waals surface area (Å²) in [5, 5.41) is 9.13. The van der Waals surface area contributed by atoms with Crippen molar-refractivity contribution in [3.05, 3.63) is 78.4 Å². The number of nitrogens with one attached hydrogen (secondary N) is 1. The average molecular weight is 313 g/mol. The molecule has 1 heterocycles. The molecule has 0 spiro atoms. The lowest BCUT2D eigenvalue weighted by atomic mass is 10.1. The second kappa shape index (κ2) is 6.20. The highest BCUT2D eigenvalue weighted by atomic mass is 15.4. The molecule has 0 atom stereocenters. The van der Waals surface area contributed by atoms with Gasteiger partial charge in [-0.3, -0.25) is 5.01 Å². The molecule has 0 aliphatic heterocycles. The molecule has 0 aliphatic rings. The molecule has 3 heteroatoms. The van der Waals surface area contributed by atoms with E-state index in [9.17, 15) is 0 Å². The van der Waals surface area contributed by atoms with Crippen molar-refractivity contribution in [2.24, 2.45) is 5.10 Å². The Balaban J connectivity index is 1.70. The lowest BCUT2D eigenvalue weighted by molar-refractivity contribution is 0.897. The van der Waals surface area contributed by atoms with Crippen molar-refractivity contribution < 1.29 is 0 Å². The molecular weight excluding hydrogens is 294 g/mol. The Bertz CT molecular complexity index is 999. The monoisotopic (exact) mass is 313 g/mol. The zero-order valence-electron chi connectivity index (χ0n) is 13.6. The van der Waals surface area contributed by atoms with E-state index in [1.54, 1.807) is 0 Å². The van der Waals surface area contributed by atoms with Crippen LogP contribution in [0.2, 0.25) is 0 Å². The molecule has 1 N–H and O–H groups in total. The van der Waals surface area contributed by atoms with Gasteiger partial charge < -0.3 is 4.98 Å². The van der Waals surface area contributed by atoms with Gasteiger partial charge in [0.15, 0.2) is 0 Å². The largest absolute Gasteiger partial charge is 0.355 e. The molecule has 3 nitrogen and oxygen atoms in total. The molecule has 0 fully saturated rings. The van der Waals surface area contributed by atoms with Crippen molar-refractivity contribution in [1.29, 1.82) is 0 Å². The fourth-order valence-corrected chi connectivity index (χ4v) is 3.01. The number of hydrogen-bond acceptors (Lipinski definition) is 2. The third-order valence-corrected chi connectivity index (χ3v) is 4.23. The third kappa shape index (κ3) is 2.65. The number of anilines is 1. The van der Waals surface area contributed by atoms with Crippen molar-refractivity contribution in [1.82, 2.24) is 4.98 Å². The van der Waals surface area contributed by atoms with Crippen LogP contribution in [0.1, 0.15) is 12.5 Å². The van der Waals surface area contributed by atoms with Crippen LogP contribution in [0, 0.1) is 0 Å². The van der Waals surface area contributed by atoms with E-state index in [-0.39, 0.29) is 0 Å². The summed E-state index contributed by atoms with van der Waals surface area (Å²) < 4.78 is 0. The summed E-state index contributed by atoms with van der Waals surface area (Å²) in [7, 11) is 0. The van der Waals surface area contributed by atoms with E-state index < -0.39 is 0 Å². The van der Waals surface area contributed by atoms with Crippen LogP contribution in [0.3, 0.4) is 0 Å². The minimum absolute atomic E-state index is 0.829. The fourth-order valence-electron chi connectivity index (χ4n) is 3.01. The summed E-state index contributed by atoms with van der Waals surface area (Å²) in [6.45, 7) is 2.93. The summed E-state index contributed by atoms with van der Waals surface area (Å²) in [5.74, 6) is 0. The first kappa shape index (κ1) is 14.5. The van der Waals surface area contributed by atoms with E-state index in [1.807, 2.05) is 29.4 Å². The Morgan fingerprint density at radius 3 is 2.46 bits per heavy atom. The van der Waals surface area contributed by atoms with E-state index in [2.05, 4.69) is 71.6 Å². The van der Waals surface area contributed by atoms with Gasteiger partial charge in [0.05, 0.1) is 11.9 Å². The van der Waals surface area contributed by atoms with Crippen LogP contribution in [0.25, 0.3) is 21.8 Å².